The summed E-state index contributed by atoms with van der Waals surface area (Å²) >= 11 is -2.21. The lowest BCUT2D eigenvalue weighted by molar-refractivity contribution is -0.274. The maximum Gasteiger partial charge on any atom is 0.573 e. The first kappa shape index (κ1) is 26.2. The summed E-state index contributed by atoms with van der Waals surface area (Å²) in [6.45, 7) is 0. The normalized spacial score (nSPS) is 12.6. The average molecular weight is 561 g/mol. The molecule has 0 saturated heterocycles. The van der Waals surface area contributed by atoms with Crippen LogP contribution in [-0.4, -0.2) is 39.7 Å². The Kier molecular flexibility index (Phi) is 6.97. The van der Waals surface area contributed by atoms with Crippen molar-refractivity contribution < 1.29 is 35.5 Å². The van der Waals surface area contributed by atoms with E-state index in [4.69, 9.17) is 0 Å². The number of imidazole rings is 1. The van der Waals surface area contributed by atoms with Crippen LogP contribution < -0.4 is 4.74 Å². The Balaban J connectivity index is 1.64. The standard InChI is InChI=1S/C25H16F5N5O3S/c26-24(27)20-13-34(14-31-20)21-9-6-17(16-2-1-3-19(10-16)39(36)37)11-22(21)35-23(12-32-33-35)15-4-7-18(8-5-15)38-25(28,29)30/h1-14,24H,(H,36,37). The zero-order chi connectivity index (χ0) is 27.7. The molecule has 0 aliphatic rings. The first-order valence-corrected chi connectivity index (χ1v) is 12.1. The summed E-state index contributed by atoms with van der Waals surface area (Å²) < 4.78 is 92.0. The van der Waals surface area contributed by atoms with Gasteiger partial charge in [0.25, 0.3) is 6.43 Å². The minimum Gasteiger partial charge on any atom is -0.406 e. The number of rotatable bonds is 7. The van der Waals surface area contributed by atoms with Gasteiger partial charge < -0.3 is 13.9 Å². The molecule has 200 valence electrons. The van der Waals surface area contributed by atoms with Crippen molar-refractivity contribution in [2.24, 2.45) is 0 Å². The third kappa shape index (κ3) is 5.71. The molecule has 14 heteroatoms. The fourth-order valence-corrected chi connectivity index (χ4v) is 4.32. The molecule has 8 nitrogen and oxygen atoms in total. The predicted molar refractivity (Wildman–Crippen MR) is 130 cm³/mol. The van der Waals surface area contributed by atoms with E-state index < -0.39 is 35.3 Å². The summed E-state index contributed by atoms with van der Waals surface area (Å²) in [5, 5.41) is 8.09. The minimum absolute atomic E-state index is 0.178. The van der Waals surface area contributed by atoms with Crippen LogP contribution in [0.4, 0.5) is 22.0 Å². The molecule has 2 aromatic heterocycles. The van der Waals surface area contributed by atoms with Crippen molar-refractivity contribution in [1.82, 2.24) is 24.5 Å². The summed E-state index contributed by atoms with van der Waals surface area (Å²) in [5.74, 6) is -0.410. The Labute approximate surface area is 219 Å². The molecule has 1 unspecified atom stereocenters. The van der Waals surface area contributed by atoms with Crippen LogP contribution >= 0.6 is 0 Å². The average Bonchev–Trinajstić information content (AvgIpc) is 3.59. The summed E-state index contributed by atoms with van der Waals surface area (Å²) in [6.07, 6.45) is -3.87. The molecule has 0 radical (unpaired) electrons. The lowest BCUT2D eigenvalue weighted by Gasteiger charge is -2.15. The molecule has 0 amide bonds. The molecule has 3 aromatic carbocycles. The molecule has 0 bridgehead atoms. The van der Waals surface area contributed by atoms with E-state index in [-0.39, 0.29) is 4.90 Å². The van der Waals surface area contributed by atoms with Gasteiger partial charge in [-0.1, -0.05) is 23.4 Å². The van der Waals surface area contributed by atoms with Crippen molar-refractivity contribution in [3.63, 3.8) is 0 Å². The molecule has 2 heterocycles. The lowest BCUT2D eigenvalue weighted by atomic mass is 10.0. The van der Waals surface area contributed by atoms with Gasteiger partial charge in [-0.3, -0.25) is 0 Å². The number of hydrogen-bond acceptors (Lipinski definition) is 5. The first-order valence-electron chi connectivity index (χ1n) is 11.0. The van der Waals surface area contributed by atoms with Gasteiger partial charge >= 0.3 is 6.36 Å². The maximum absolute atomic E-state index is 13.3. The van der Waals surface area contributed by atoms with E-state index in [0.29, 0.717) is 33.8 Å². The highest BCUT2D eigenvalue weighted by Crippen LogP contribution is 2.32. The number of benzene rings is 3. The molecule has 0 spiro atoms. The molecule has 1 atom stereocenters. The van der Waals surface area contributed by atoms with E-state index in [0.717, 1.165) is 12.1 Å². The predicted octanol–water partition coefficient (Wildman–Crippen LogP) is 6.20. The minimum atomic E-state index is -4.85. The van der Waals surface area contributed by atoms with Crippen molar-refractivity contribution in [2.75, 3.05) is 0 Å². The molecule has 1 N–H and O–H groups in total. The number of hydrogen-bond donors (Lipinski definition) is 1. The SMILES string of the molecule is O=S(O)c1cccc(-c2ccc(-n3cnc(C(F)F)c3)c(-n3nncc3-c3ccc(OC(F)(F)F)cc3)c2)c1. The van der Waals surface area contributed by atoms with Crippen molar-refractivity contribution in [3.05, 3.63) is 91.1 Å². The maximum atomic E-state index is 13.3. The van der Waals surface area contributed by atoms with E-state index in [1.54, 1.807) is 30.3 Å². The molecule has 39 heavy (non-hydrogen) atoms. The van der Waals surface area contributed by atoms with Gasteiger partial charge in [0.1, 0.15) is 11.4 Å². The number of aromatic nitrogens is 5. The highest BCUT2D eigenvalue weighted by molar-refractivity contribution is 7.79. The second-order valence-electron chi connectivity index (χ2n) is 8.09. The number of ether oxygens (including phenoxy) is 1. The van der Waals surface area contributed by atoms with E-state index in [9.17, 15) is 30.7 Å². The van der Waals surface area contributed by atoms with Crippen LogP contribution in [0.15, 0.2) is 90.3 Å². The summed E-state index contributed by atoms with van der Waals surface area (Å²) in [5.41, 5.74) is 2.34. The fourth-order valence-electron chi connectivity index (χ4n) is 3.89. The Morgan fingerprint density at radius 1 is 0.923 bits per heavy atom. The second kappa shape index (κ2) is 10.4. The van der Waals surface area contributed by atoms with Crippen LogP contribution in [-0.2, 0) is 11.1 Å². The van der Waals surface area contributed by atoms with Crippen molar-refractivity contribution in [3.8, 4) is 39.5 Å². The molecule has 0 saturated carbocycles. The zero-order valence-electron chi connectivity index (χ0n) is 19.5. The summed E-state index contributed by atoms with van der Waals surface area (Å²) in [4.78, 5) is 3.92. The van der Waals surface area contributed by atoms with E-state index in [1.165, 1.54) is 52.2 Å². The van der Waals surface area contributed by atoms with Gasteiger partial charge in [-0.15, -0.1) is 18.3 Å². The Morgan fingerprint density at radius 2 is 1.64 bits per heavy atom. The lowest BCUT2D eigenvalue weighted by Crippen LogP contribution is -2.16. The molecular formula is C25H16F5N5O3S. The monoisotopic (exact) mass is 561 g/mol. The van der Waals surface area contributed by atoms with Gasteiger partial charge in [0.2, 0.25) is 0 Å². The van der Waals surface area contributed by atoms with Gasteiger partial charge in [0, 0.05) is 11.8 Å². The largest absolute Gasteiger partial charge is 0.573 e. The number of alkyl halides is 5. The molecule has 5 aromatic rings. The van der Waals surface area contributed by atoms with Crippen LogP contribution in [0.25, 0.3) is 33.8 Å². The molecule has 0 aliphatic carbocycles. The Bertz CT molecular complexity index is 1650. The van der Waals surface area contributed by atoms with Gasteiger partial charge in [-0.2, -0.15) is 0 Å². The van der Waals surface area contributed by atoms with Gasteiger partial charge in [-0.25, -0.2) is 22.7 Å². The fraction of sp³-hybridized carbons (Fsp3) is 0.0800. The van der Waals surface area contributed by atoms with Crippen molar-refractivity contribution in [1.29, 1.82) is 0 Å². The van der Waals surface area contributed by atoms with Gasteiger partial charge in [-0.05, 0) is 59.7 Å². The van der Waals surface area contributed by atoms with Crippen molar-refractivity contribution >= 4 is 11.1 Å². The van der Waals surface area contributed by atoms with Crippen LogP contribution in [0.1, 0.15) is 12.1 Å². The smallest absolute Gasteiger partial charge is 0.406 e. The molecule has 0 fully saturated rings. The summed E-state index contributed by atoms with van der Waals surface area (Å²) in [6, 6.07) is 16.4. The quantitative estimate of drug-likeness (QED) is 0.188. The van der Waals surface area contributed by atoms with Crippen LogP contribution in [0.2, 0.25) is 0 Å². The van der Waals surface area contributed by atoms with E-state index in [2.05, 4.69) is 20.0 Å². The third-order valence-corrected chi connectivity index (χ3v) is 6.27. The molecular weight excluding hydrogens is 545 g/mol. The molecule has 5 rings (SSSR count). The highest BCUT2D eigenvalue weighted by atomic mass is 32.2. The van der Waals surface area contributed by atoms with Gasteiger partial charge in [0.15, 0.2) is 11.1 Å². The number of nitrogens with zero attached hydrogens (tertiary/aromatic N) is 5. The molecule has 0 aliphatic heterocycles. The van der Waals surface area contributed by atoms with E-state index in [1.807, 2.05) is 0 Å². The Morgan fingerprint density at radius 3 is 2.31 bits per heavy atom. The number of halogens is 5. The Hall–Kier alpha value is -4.43. The van der Waals surface area contributed by atoms with Crippen LogP contribution in [0, 0.1) is 0 Å². The second-order valence-corrected chi connectivity index (χ2v) is 9.06. The van der Waals surface area contributed by atoms with Crippen molar-refractivity contribution in [2.45, 2.75) is 17.7 Å². The third-order valence-electron chi connectivity index (χ3n) is 5.61. The zero-order valence-corrected chi connectivity index (χ0v) is 20.3. The highest BCUT2D eigenvalue weighted by Gasteiger charge is 2.31. The topological polar surface area (TPSA) is 95.1 Å². The summed E-state index contributed by atoms with van der Waals surface area (Å²) in [7, 11) is 0. The van der Waals surface area contributed by atoms with E-state index >= 15 is 0 Å². The van der Waals surface area contributed by atoms with Crippen LogP contribution in [0.3, 0.4) is 0 Å². The van der Waals surface area contributed by atoms with Crippen LogP contribution in [0.5, 0.6) is 5.75 Å². The van der Waals surface area contributed by atoms with Gasteiger partial charge in [0.05, 0.1) is 34.5 Å². The first-order chi connectivity index (χ1) is 18.6.